The number of fused-ring (bicyclic) bond motifs is 1. The lowest BCUT2D eigenvalue weighted by Gasteiger charge is -2.24. The van der Waals surface area contributed by atoms with Crippen molar-refractivity contribution in [2.45, 2.75) is 56.8 Å². The van der Waals surface area contributed by atoms with Gasteiger partial charge in [0.15, 0.2) is 0 Å². The molecule has 1 N–H and O–H groups in total. The Kier molecular flexibility index (Phi) is 6.48. The smallest absolute Gasteiger partial charge is 0.338 e. The van der Waals surface area contributed by atoms with E-state index >= 15 is 0 Å². The van der Waals surface area contributed by atoms with E-state index in [1.807, 2.05) is 36.4 Å². The van der Waals surface area contributed by atoms with Crippen molar-refractivity contribution in [2.75, 3.05) is 0 Å². The van der Waals surface area contributed by atoms with Crippen LogP contribution in [-0.4, -0.2) is 35.4 Å². The minimum absolute atomic E-state index is 0.0282. The van der Waals surface area contributed by atoms with E-state index in [4.69, 9.17) is 9.47 Å². The van der Waals surface area contributed by atoms with E-state index in [1.54, 1.807) is 12.1 Å². The molecule has 0 bridgehead atoms. The zero-order valence-electron chi connectivity index (χ0n) is 17.0. The van der Waals surface area contributed by atoms with Crippen LogP contribution in [0.25, 0.3) is 0 Å². The van der Waals surface area contributed by atoms with Crippen LogP contribution in [0.4, 0.5) is 0 Å². The van der Waals surface area contributed by atoms with Crippen LogP contribution in [0.15, 0.2) is 60.7 Å². The largest absolute Gasteiger partial charge is 0.462 e. The van der Waals surface area contributed by atoms with Crippen LogP contribution in [0.3, 0.4) is 0 Å². The standard InChI is InChI=1S/C25H28O5/c26-19(12-11-17-7-3-1-4-8-17)13-14-20-21-15-24(27)29-23(21)16-22(20)30-25(28)18-9-5-2-6-10-18/h1-10,19-23,26H,11-16H2/t19-,20+,21+,22-,23-/m0/s1. The lowest BCUT2D eigenvalue weighted by Crippen LogP contribution is -2.27. The first kappa shape index (κ1) is 20.6. The van der Waals surface area contributed by atoms with Crippen molar-refractivity contribution in [3.05, 3.63) is 71.8 Å². The Labute approximate surface area is 177 Å². The summed E-state index contributed by atoms with van der Waals surface area (Å²) in [4.78, 5) is 24.3. The molecule has 2 aliphatic rings. The van der Waals surface area contributed by atoms with Crippen molar-refractivity contribution in [1.29, 1.82) is 0 Å². The van der Waals surface area contributed by atoms with Gasteiger partial charge in [-0.1, -0.05) is 48.5 Å². The summed E-state index contributed by atoms with van der Waals surface area (Å²) in [6.07, 6.45) is 2.86. The third-order valence-corrected chi connectivity index (χ3v) is 6.37. The van der Waals surface area contributed by atoms with Gasteiger partial charge in [-0.05, 0) is 43.4 Å². The van der Waals surface area contributed by atoms with Crippen LogP contribution >= 0.6 is 0 Å². The highest BCUT2D eigenvalue weighted by Crippen LogP contribution is 2.45. The number of carbonyl (C=O) groups is 2. The summed E-state index contributed by atoms with van der Waals surface area (Å²) in [6, 6.07) is 19.1. The molecule has 158 valence electrons. The van der Waals surface area contributed by atoms with Crippen LogP contribution in [0.5, 0.6) is 0 Å². The Morgan fingerprint density at radius 2 is 1.77 bits per heavy atom. The Balaban J connectivity index is 1.35. The van der Waals surface area contributed by atoms with Crippen molar-refractivity contribution < 1.29 is 24.2 Å². The van der Waals surface area contributed by atoms with Gasteiger partial charge in [-0.15, -0.1) is 0 Å². The van der Waals surface area contributed by atoms with Crippen molar-refractivity contribution in [2.24, 2.45) is 11.8 Å². The highest BCUT2D eigenvalue weighted by molar-refractivity contribution is 5.89. The van der Waals surface area contributed by atoms with E-state index in [2.05, 4.69) is 12.1 Å². The summed E-state index contributed by atoms with van der Waals surface area (Å²) >= 11 is 0. The van der Waals surface area contributed by atoms with Crippen LogP contribution < -0.4 is 0 Å². The van der Waals surface area contributed by atoms with Crippen LogP contribution in [0.2, 0.25) is 0 Å². The first-order chi connectivity index (χ1) is 14.6. The molecule has 5 atom stereocenters. The van der Waals surface area contributed by atoms with Crippen molar-refractivity contribution in [3.8, 4) is 0 Å². The highest BCUT2D eigenvalue weighted by Gasteiger charge is 2.51. The number of esters is 2. The number of carbonyl (C=O) groups excluding carboxylic acids is 2. The molecule has 0 spiro atoms. The van der Waals surface area contributed by atoms with Gasteiger partial charge in [0.2, 0.25) is 0 Å². The Bertz CT molecular complexity index is 850. The first-order valence-electron chi connectivity index (χ1n) is 10.8. The lowest BCUT2D eigenvalue weighted by atomic mass is 9.86. The number of hydrogen-bond donors (Lipinski definition) is 1. The average molecular weight is 408 g/mol. The minimum Gasteiger partial charge on any atom is -0.462 e. The van der Waals surface area contributed by atoms with Crippen LogP contribution in [-0.2, 0) is 20.7 Å². The van der Waals surface area contributed by atoms with Gasteiger partial charge in [0.25, 0.3) is 0 Å². The normalized spacial score (nSPS) is 26.1. The molecule has 1 aliphatic carbocycles. The third kappa shape index (κ3) is 4.90. The van der Waals surface area contributed by atoms with Crippen molar-refractivity contribution in [1.82, 2.24) is 0 Å². The summed E-state index contributed by atoms with van der Waals surface area (Å²) in [5.74, 6) is -0.429. The predicted octanol–water partition coefficient (Wildman–Crippen LogP) is 3.94. The molecule has 2 aromatic rings. The third-order valence-electron chi connectivity index (χ3n) is 6.37. The molecule has 2 fully saturated rings. The SMILES string of the molecule is O=C1C[C@@H]2[C@@H](CC[C@@H](O)CCc3ccccc3)[C@@H](OC(=O)c3ccccc3)C[C@@H]2O1. The fourth-order valence-electron chi connectivity index (χ4n) is 4.78. The van der Waals surface area contributed by atoms with E-state index in [9.17, 15) is 14.7 Å². The maximum atomic E-state index is 12.5. The molecule has 0 unspecified atom stereocenters. The number of aliphatic hydroxyl groups is 1. The molecule has 5 nitrogen and oxygen atoms in total. The number of ether oxygens (including phenoxy) is 2. The summed E-state index contributed by atoms with van der Waals surface area (Å²) in [5, 5.41) is 10.5. The van der Waals surface area contributed by atoms with Crippen LogP contribution in [0, 0.1) is 11.8 Å². The van der Waals surface area contributed by atoms with Gasteiger partial charge in [-0.2, -0.15) is 0 Å². The molecule has 1 saturated carbocycles. The molecule has 0 amide bonds. The molecule has 2 aromatic carbocycles. The fourth-order valence-corrected chi connectivity index (χ4v) is 4.78. The van der Waals surface area contributed by atoms with E-state index in [-0.39, 0.29) is 36.0 Å². The Morgan fingerprint density at radius 3 is 2.50 bits per heavy atom. The molecule has 1 heterocycles. The zero-order valence-corrected chi connectivity index (χ0v) is 17.0. The van der Waals surface area contributed by atoms with E-state index in [0.717, 1.165) is 6.42 Å². The van der Waals surface area contributed by atoms with Gasteiger partial charge >= 0.3 is 11.9 Å². The summed E-state index contributed by atoms with van der Waals surface area (Å²) in [7, 11) is 0. The number of aliphatic hydroxyl groups excluding tert-OH is 1. The summed E-state index contributed by atoms with van der Waals surface area (Å²) in [6.45, 7) is 0. The molecular weight excluding hydrogens is 380 g/mol. The van der Waals surface area contributed by atoms with E-state index in [1.165, 1.54) is 5.56 Å². The number of aryl methyl sites for hydroxylation is 1. The van der Waals surface area contributed by atoms with Crippen molar-refractivity contribution in [3.63, 3.8) is 0 Å². The number of rotatable bonds is 8. The monoisotopic (exact) mass is 408 g/mol. The minimum atomic E-state index is -0.423. The number of benzene rings is 2. The quantitative estimate of drug-likeness (QED) is 0.670. The van der Waals surface area contributed by atoms with Gasteiger partial charge < -0.3 is 14.6 Å². The summed E-state index contributed by atoms with van der Waals surface area (Å²) < 4.78 is 11.3. The molecular formula is C25H28O5. The van der Waals surface area contributed by atoms with Crippen molar-refractivity contribution >= 4 is 11.9 Å². The molecule has 1 saturated heterocycles. The lowest BCUT2D eigenvalue weighted by molar-refractivity contribution is -0.141. The van der Waals surface area contributed by atoms with E-state index < -0.39 is 6.10 Å². The predicted molar refractivity (Wildman–Crippen MR) is 112 cm³/mol. The highest BCUT2D eigenvalue weighted by atomic mass is 16.6. The van der Waals surface area contributed by atoms with Gasteiger partial charge in [-0.25, -0.2) is 4.79 Å². The molecule has 4 rings (SSSR count). The maximum Gasteiger partial charge on any atom is 0.338 e. The Morgan fingerprint density at radius 1 is 1.07 bits per heavy atom. The average Bonchev–Trinajstić information content (AvgIpc) is 3.27. The molecule has 1 aliphatic heterocycles. The van der Waals surface area contributed by atoms with Gasteiger partial charge in [0.1, 0.15) is 12.2 Å². The van der Waals surface area contributed by atoms with Crippen LogP contribution in [0.1, 0.15) is 48.0 Å². The topological polar surface area (TPSA) is 72.8 Å². The summed E-state index contributed by atoms with van der Waals surface area (Å²) in [5.41, 5.74) is 1.73. The molecule has 30 heavy (non-hydrogen) atoms. The Hall–Kier alpha value is -2.66. The van der Waals surface area contributed by atoms with Gasteiger partial charge in [-0.3, -0.25) is 4.79 Å². The molecule has 0 aromatic heterocycles. The van der Waals surface area contributed by atoms with Gasteiger partial charge in [0, 0.05) is 18.3 Å². The maximum absolute atomic E-state index is 12.5. The second-order valence-corrected chi connectivity index (χ2v) is 8.36. The fraction of sp³-hybridized carbons (Fsp3) is 0.440. The van der Waals surface area contributed by atoms with Gasteiger partial charge in [0.05, 0.1) is 18.1 Å². The molecule has 5 heteroatoms. The zero-order chi connectivity index (χ0) is 20.9. The second kappa shape index (κ2) is 9.43. The second-order valence-electron chi connectivity index (χ2n) is 8.36. The first-order valence-corrected chi connectivity index (χ1v) is 10.8. The van der Waals surface area contributed by atoms with E-state index in [0.29, 0.717) is 37.7 Å². The molecule has 0 radical (unpaired) electrons. The number of hydrogen-bond acceptors (Lipinski definition) is 5.